The highest BCUT2D eigenvalue weighted by atomic mass is 79.9. The van der Waals surface area contributed by atoms with E-state index in [1.807, 2.05) is 38.1 Å². The second kappa shape index (κ2) is 6.17. The van der Waals surface area contributed by atoms with Crippen LogP contribution in [0.4, 0.5) is 0 Å². The molecule has 0 aliphatic heterocycles. The van der Waals surface area contributed by atoms with Gasteiger partial charge in [-0.25, -0.2) is 0 Å². The lowest BCUT2D eigenvalue weighted by Gasteiger charge is -2.17. The van der Waals surface area contributed by atoms with Crippen LogP contribution in [-0.2, 0) is 11.3 Å². The summed E-state index contributed by atoms with van der Waals surface area (Å²) in [4.78, 5) is 11.6. The van der Waals surface area contributed by atoms with E-state index in [1.165, 1.54) is 0 Å². The number of rotatable bonds is 5. The maximum Gasteiger partial charge on any atom is 0.220 e. The van der Waals surface area contributed by atoms with E-state index in [9.17, 15) is 4.79 Å². The summed E-state index contributed by atoms with van der Waals surface area (Å²) in [5.74, 6) is 0.0476. The van der Waals surface area contributed by atoms with Crippen LogP contribution in [0.2, 0.25) is 0 Å². The van der Waals surface area contributed by atoms with Crippen molar-refractivity contribution in [3.8, 4) is 0 Å². The molecule has 4 heteroatoms. The highest BCUT2D eigenvalue weighted by Crippen LogP contribution is 2.10. The number of halogens is 1. The van der Waals surface area contributed by atoms with Crippen molar-refractivity contribution in [1.82, 2.24) is 5.32 Å². The van der Waals surface area contributed by atoms with Gasteiger partial charge >= 0.3 is 0 Å². The molecule has 0 aliphatic rings. The molecule has 94 valence electrons. The molecule has 0 unspecified atom stereocenters. The quantitative estimate of drug-likeness (QED) is 0.878. The number of carbonyl (C=O) groups is 1. The Bertz CT molecular complexity index is 368. The fourth-order valence-electron chi connectivity index (χ4n) is 1.33. The van der Waals surface area contributed by atoms with Gasteiger partial charge in [-0.3, -0.25) is 4.79 Å². The number of benzene rings is 1. The van der Waals surface area contributed by atoms with Crippen molar-refractivity contribution >= 4 is 21.8 Å². The van der Waals surface area contributed by atoms with Gasteiger partial charge in [-0.2, -0.15) is 0 Å². The number of hydrogen-bond acceptors (Lipinski definition) is 2. The Kier molecular flexibility index (Phi) is 5.15. The first kappa shape index (κ1) is 14.2. The van der Waals surface area contributed by atoms with E-state index in [1.54, 1.807) is 0 Å². The van der Waals surface area contributed by atoms with Crippen molar-refractivity contribution in [2.24, 2.45) is 5.73 Å². The molecule has 0 fully saturated rings. The molecule has 1 aromatic carbocycles. The fraction of sp³-hybridized carbons (Fsp3) is 0.462. The summed E-state index contributed by atoms with van der Waals surface area (Å²) in [6.45, 7) is 4.42. The summed E-state index contributed by atoms with van der Waals surface area (Å²) in [7, 11) is 0. The third-order valence-corrected chi connectivity index (χ3v) is 2.93. The molecule has 0 atom stereocenters. The minimum Gasteiger partial charge on any atom is -0.352 e. The zero-order chi connectivity index (χ0) is 12.9. The molecule has 0 aromatic heterocycles. The van der Waals surface area contributed by atoms with Crippen LogP contribution in [0, 0.1) is 0 Å². The van der Waals surface area contributed by atoms with E-state index < -0.39 is 0 Å². The largest absolute Gasteiger partial charge is 0.352 e. The predicted molar refractivity (Wildman–Crippen MR) is 73.5 cm³/mol. The van der Waals surface area contributed by atoms with Gasteiger partial charge in [-0.1, -0.05) is 28.1 Å². The van der Waals surface area contributed by atoms with Gasteiger partial charge in [0.05, 0.1) is 0 Å². The van der Waals surface area contributed by atoms with Crippen LogP contribution < -0.4 is 11.1 Å². The minimum atomic E-state index is -0.283. The number of carbonyl (C=O) groups excluding carboxylic acids is 1. The second-order valence-corrected chi connectivity index (χ2v) is 5.81. The van der Waals surface area contributed by atoms with Crippen molar-refractivity contribution in [3.05, 3.63) is 34.3 Å². The van der Waals surface area contributed by atoms with Crippen molar-refractivity contribution in [1.29, 1.82) is 0 Å². The molecule has 0 bridgehead atoms. The van der Waals surface area contributed by atoms with Crippen LogP contribution in [0.1, 0.15) is 32.3 Å². The normalized spacial score (nSPS) is 11.3. The van der Waals surface area contributed by atoms with Crippen LogP contribution >= 0.6 is 15.9 Å². The van der Waals surface area contributed by atoms with E-state index in [2.05, 4.69) is 21.2 Å². The van der Waals surface area contributed by atoms with E-state index in [0.29, 0.717) is 19.4 Å². The Hall–Kier alpha value is -0.870. The summed E-state index contributed by atoms with van der Waals surface area (Å²) in [6.07, 6.45) is 1.17. The summed E-state index contributed by atoms with van der Waals surface area (Å²) in [5.41, 5.74) is 6.63. The Morgan fingerprint density at radius 2 is 1.94 bits per heavy atom. The van der Waals surface area contributed by atoms with E-state index in [-0.39, 0.29) is 11.4 Å². The van der Waals surface area contributed by atoms with Crippen molar-refractivity contribution in [3.63, 3.8) is 0 Å². The molecule has 17 heavy (non-hydrogen) atoms. The number of nitrogens with two attached hydrogens (primary N) is 1. The molecule has 0 saturated carbocycles. The second-order valence-electron chi connectivity index (χ2n) is 4.89. The van der Waals surface area contributed by atoms with Gasteiger partial charge in [0, 0.05) is 23.0 Å². The Morgan fingerprint density at radius 3 is 2.47 bits per heavy atom. The van der Waals surface area contributed by atoms with Crippen molar-refractivity contribution < 1.29 is 4.79 Å². The maximum atomic E-state index is 11.6. The monoisotopic (exact) mass is 298 g/mol. The zero-order valence-electron chi connectivity index (χ0n) is 10.3. The van der Waals surface area contributed by atoms with Gasteiger partial charge in [0.25, 0.3) is 0 Å². The summed E-state index contributed by atoms with van der Waals surface area (Å²) >= 11 is 3.37. The molecule has 0 heterocycles. The summed E-state index contributed by atoms with van der Waals surface area (Å²) < 4.78 is 1.04. The van der Waals surface area contributed by atoms with Gasteiger partial charge in [0.15, 0.2) is 0 Å². The van der Waals surface area contributed by atoms with Crippen LogP contribution in [0.5, 0.6) is 0 Å². The number of nitrogens with one attached hydrogen (secondary N) is 1. The molecular weight excluding hydrogens is 280 g/mol. The van der Waals surface area contributed by atoms with Gasteiger partial charge in [0.2, 0.25) is 5.91 Å². The lowest BCUT2D eigenvalue weighted by atomic mass is 10.00. The molecule has 3 N–H and O–H groups in total. The third kappa shape index (κ3) is 6.44. The number of hydrogen-bond donors (Lipinski definition) is 2. The molecule has 0 radical (unpaired) electrons. The molecule has 1 amide bonds. The van der Waals surface area contributed by atoms with Gasteiger partial charge in [-0.15, -0.1) is 0 Å². The first-order chi connectivity index (χ1) is 7.87. The topological polar surface area (TPSA) is 55.1 Å². The van der Waals surface area contributed by atoms with Crippen LogP contribution in [0.25, 0.3) is 0 Å². The van der Waals surface area contributed by atoms with Crippen molar-refractivity contribution in [2.75, 3.05) is 0 Å². The van der Waals surface area contributed by atoms with Crippen LogP contribution in [0.15, 0.2) is 28.7 Å². The molecule has 1 rings (SSSR count). The Balaban J connectivity index is 2.31. The molecule has 0 aliphatic carbocycles. The van der Waals surface area contributed by atoms with E-state index >= 15 is 0 Å². The first-order valence-corrected chi connectivity index (χ1v) is 6.46. The van der Waals surface area contributed by atoms with Gasteiger partial charge in [-0.05, 0) is 38.0 Å². The number of amides is 1. The van der Waals surface area contributed by atoms with Gasteiger partial charge < -0.3 is 11.1 Å². The van der Waals surface area contributed by atoms with Crippen LogP contribution in [-0.4, -0.2) is 11.4 Å². The van der Waals surface area contributed by atoms with Crippen LogP contribution in [0.3, 0.4) is 0 Å². The summed E-state index contributed by atoms with van der Waals surface area (Å²) in [5, 5.41) is 2.88. The average Bonchev–Trinajstić information content (AvgIpc) is 2.25. The SMILES string of the molecule is CC(C)(N)CCC(=O)NCc1ccc(Br)cc1. The predicted octanol–water partition coefficient (Wildman–Crippen LogP) is 2.58. The Labute approximate surface area is 111 Å². The lowest BCUT2D eigenvalue weighted by Crippen LogP contribution is -2.34. The van der Waals surface area contributed by atoms with E-state index in [4.69, 9.17) is 5.73 Å². The summed E-state index contributed by atoms with van der Waals surface area (Å²) in [6, 6.07) is 7.89. The van der Waals surface area contributed by atoms with Crippen molar-refractivity contribution in [2.45, 2.75) is 38.8 Å². The highest BCUT2D eigenvalue weighted by Gasteiger charge is 2.12. The van der Waals surface area contributed by atoms with Gasteiger partial charge in [0.1, 0.15) is 0 Å². The fourth-order valence-corrected chi connectivity index (χ4v) is 1.59. The molecular formula is C13H19BrN2O. The standard InChI is InChI=1S/C13H19BrN2O/c1-13(2,15)8-7-12(17)16-9-10-3-5-11(14)6-4-10/h3-6H,7-9,15H2,1-2H3,(H,16,17). The van der Waals surface area contributed by atoms with E-state index in [0.717, 1.165) is 10.0 Å². The zero-order valence-corrected chi connectivity index (χ0v) is 11.9. The molecule has 0 spiro atoms. The lowest BCUT2D eigenvalue weighted by molar-refractivity contribution is -0.121. The Morgan fingerprint density at radius 1 is 1.35 bits per heavy atom. The third-order valence-electron chi connectivity index (χ3n) is 2.40. The molecule has 3 nitrogen and oxygen atoms in total. The minimum absolute atomic E-state index is 0.0476. The first-order valence-electron chi connectivity index (χ1n) is 5.67. The maximum absolute atomic E-state index is 11.6. The smallest absolute Gasteiger partial charge is 0.220 e. The molecule has 0 saturated heterocycles. The highest BCUT2D eigenvalue weighted by molar-refractivity contribution is 9.10. The average molecular weight is 299 g/mol. The molecule has 1 aromatic rings.